The van der Waals surface area contributed by atoms with Gasteiger partial charge in [0.2, 0.25) is 0 Å². The summed E-state index contributed by atoms with van der Waals surface area (Å²) in [4.78, 5) is 17.6. The van der Waals surface area contributed by atoms with Crippen molar-refractivity contribution in [1.29, 1.82) is 0 Å². The number of fused-ring (bicyclic) bond motifs is 1. The van der Waals surface area contributed by atoms with Gasteiger partial charge in [0.15, 0.2) is 5.76 Å². The predicted octanol–water partition coefficient (Wildman–Crippen LogP) is 6.15. The van der Waals surface area contributed by atoms with Gasteiger partial charge >= 0.3 is 5.97 Å². The van der Waals surface area contributed by atoms with Crippen molar-refractivity contribution in [3.63, 3.8) is 0 Å². The van der Waals surface area contributed by atoms with Gasteiger partial charge in [-0.25, -0.2) is 0 Å². The van der Waals surface area contributed by atoms with Crippen LogP contribution in [0, 0.1) is 6.92 Å². The number of aryl methyl sites for hydroxylation is 1. The van der Waals surface area contributed by atoms with Gasteiger partial charge in [-0.05, 0) is 29.7 Å². The fourth-order valence-electron chi connectivity index (χ4n) is 3.99. The van der Waals surface area contributed by atoms with E-state index >= 15 is 0 Å². The highest BCUT2D eigenvalue weighted by Gasteiger charge is 2.18. The van der Waals surface area contributed by atoms with Crippen LogP contribution < -0.4 is 0 Å². The number of esters is 1. The maximum atomic E-state index is 12.8. The third-order valence-corrected chi connectivity index (χ3v) is 5.58. The van der Waals surface area contributed by atoms with E-state index in [1.165, 1.54) is 0 Å². The normalized spacial score (nSPS) is 10.9. The Balaban J connectivity index is 1.39. The Kier molecular flexibility index (Phi) is 5.68. The van der Waals surface area contributed by atoms with E-state index in [0.717, 1.165) is 38.9 Å². The van der Waals surface area contributed by atoms with E-state index in [2.05, 4.69) is 17.3 Å². The fourth-order valence-corrected chi connectivity index (χ4v) is 3.99. The number of carbonyl (C=O) groups excluding carboxylic acids is 1. The summed E-state index contributed by atoms with van der Waals surface area (Å²) in [6, 6.07) is 29.6. The molecule has 0 N–H and O–H groups in total. The van der Waals surface area contributed by atoms with Crippen LogP contribution in [-0.4, -0.2) is 16.1 Å². The third kappa shape index (κ3) is 4.39. The Hall–Kier alpha value is -4.25. The number of aromatic nitrogens is 2. The van der Waals surface area contributed by atoms with Gasteiger partial charge in [-0.1, -0.05) is 84.0 Å². The molecule has 2 heterocycles. The molecule has 0 radical (unpaired) electrons. The van der Waals surface area contributed by atoms with Gasteiger partial charge < -0.3 is 9.26 Å². The lowest BCUT2D eigenvalue weighted by Crippen LogP contribution is -2.11. The minimum atomic E-state index is -0.336. The molecular formula is C28H22N2O3. The van der Waals surface area contributed by atoms with Gasteiger partial charge in [0, 0.05) is 22.7 Å². The molecule has 5 aromatic rings. The maximum absolute atomic E-state index is 12.8. The van der Waals surface area contributed by atoms with E-state index in [9.17, 15) is 4.79 Å². The third-order valence-electron chi connectivity index (χ3n) is 5.58. The quantitative estimate of drug-likeness (QED) is 0.300. The minimum absolute atomic E-state index is 0.0515. The topological polar surface area (TPSA) is 65.2 Å². The Morgan fingerprint density at radius 1 is 0.879 bits per heavy atom. The van der Waals surface area contributed by atoms with Gasteiger partial charge in [0.1, 0.15) is 12.3 Å². The van der Waals surface area contributed by atoms with E-state index in [-0.39, 0.29) is 19.0 Å². The summed E-state index contributed by atoms with van der Waals surface area (Å²) in [5.41, 5.74) is 6.15. The zero-order valence-corrected chi connectivity index (χ0v) is 18.2. The van der Waals surface area contributed by atoms with Crippen molar-refractivity contribution in [2.24, 2.45) is 0 Å². The average molecular weight is 434 g/mol. The first-order valence-corrected chi connectivity index (χ1v) is 10.8. The second kappa shape index (κ2) is 9.09. The molecule has 0 bridgehead atoms. The van der Waals surface area contributed by atoms with E-state index in [1.54, 1.807) is 6.07 Å². The Labute approximate surface area is 191 Å². The van der Waals surface area contributed by atoms with E-state index < -0.39 is 0 Å². The molecule has 0 spiro atoms. The molecule has 0 aliphatic heterocycles. The summed E-state index contributed by atoms with van der Waals surface area (Å²) in [6.07, 6.45) is 0.122. The molecule has 3 aromatic carbocycles. The average Bonchev–Trinajstić information content (AvgIpc) is 3.33. The largest absolute Gasteiger partial charge is 0.459 e. The summed E-state index contributed by atoms with van der Waals surface area (Å²) < 4.78 is 10.9. The van der Waals surface area contributed by atoms with Crippen molar-refractivity contribution in [3.8, 4) is 22.5 Å². The minimum Gasteiger partial charge on any atom is -0.459 e. The Morgan fingerprint density at radius 2 is 1.55 bits per heavy atom. The molecule has 0 aliphatic rings. The molecule has 0 saturated heterocycles. The smallest absolute Gasteiger partial charge is 0.310 e. The van der Waals surface area contributed by atoms with Gasteiger partial charge in [-0.2, -0.15) is 0 Å². The number of hydrogen-bond donors (Lipinski definition) is 0. The number of pyridine rings is 1. The lowest BCUT2D eigenvalue weighted by Gasteiger charge is -2.15. The molecule has 2 aromatic heterocycles. The second-order valence-corrected chi connectivity index (χ2v) is 7.82. The molecule has 33 heavy (non-hydrogen) atoms. The molecule has 5 nitrogen and oxygen atoms in total. The molecule has 162 valence electrons. The van der Waals surface area contributed by atoms with Gasteiger partial charge in [0.05, 0.1) is 11.9 Å². The summed E-state index contributed by atoms with van der Waals surface area (Å²) in [6.45, 7) is 1.99. The first-order chi connectivity index (χ1) is 16.2. The van der Waals surface area contributed by atoms with Crippen LogP contribution in [0.1, 0.15) is 17.0 Å². The molecule has 5 heteroatoms. The summed E-state index contributed by atoms with van der Waals surface area (Å²) in [7, 11) is 0. The van der Waals surface area contributed by atoms with E-state index in [0.29, 0.717) is 11.5 Å². The first-order valence-electron chi connectivity index (χ1n) is 10.8. The number of rotatable bonds is 6. The standard InChI is InChI=1S/C28H22N2O3/c1-19-24(28(21-12-6-3-7-13-21)23-14-8-9-15-25(23)29-19)17-27(31)32-18-22-16-26(33-30-22)20-10-4-2-5-11-20/h2-16H,17-18H2,1H3. The molecule has 0 unspecified atom stereocenters. The molecule has 0 atom stereocenters. The SMILES string of the molecule is Cc1nc2ccccc2c(-c2ccccc2)c1CC(=O)OCc1cc(-c2ccccc2)on1. The highest BCUT2D eigenvalue weighted by molar-refractivity contribution is 5.97. The van der Waals surface area contributed by atoms with Crippen molar-refractivity contribution in [3.05, 3.63) is 108 Å². The van der Waals surface area contributed by atoms with Crippen LogP contribution in [0.15, 0.2) is 95.5 Å². The van der Waals surface area contributed by atoms with Gasteiger partial charge in [-0.15, -0.1) is 0 Å². The molecule has 0 saturated carbocycles. The number of nitrogens with zero attached hydrogens (tertiary/aromatic N) is 2. The second-order valence-electron chi connectivity index (χ2n) is 7.82. The lowest BCUT2D eigenvalue weighted by atomic mass is 9.93. The van der Waals surface area contributed by atoms with Crippen LogP contribution in [0.4, 0.5) is 0 Å². The van der Waals surface area contributed by atoms with E-state index in [1.807, 2.05) is 79.7 Å². The number of ether oxygens (including phenoxy) is 1. The fraction of sp³-hybridized carbons (Fsp3) is 0.107. The van der Waals surface area contributed by atoms with Crippen LogP contribution >= 0.6 is 0 Å². The predicted molar refractivity (Wildman–Crippen MR) is 127 cm³/mol. The monoisotopic (exact) mass is 434 g/mol. The van der Waals surface area contributed by atoms with Crippen molar-refractivity contribution in [1.82, 2.24) is 10.1 Å². The summed E-state index contributed by atoms with van der Waals surface area (Å²) in [5.74, 6) is 0.305. The number of carbonyl (C=O) groups is 1. The molecule has 0 fully saturated rings. The zero-order valence-electron chi connectivity index (χ0n) is 18.2. The Morgan fingerprint density at radius 3 is 2.30 bits per heavy atom. The van der Waals surface area contributed by atoms with E-state index in [4.69, 9.17) is 14.2 Å². The molecule has 0 amide bonds. The molecule has 5 rings (SSSR count). The van der Waals surface area contributed by atoms with Crippen LogP contribution in [0.5, 0.6) is 0 Å². The van der Waals surface area contributed by atoms with Gasteiger partial charge in [0.25, 0.3) is 0 Å². The summed E-state index contributed by atoms with van der Waals surface area (Å²) >= 11 is 0. The highest BCUT2D eigenvalue weighted by atomic mass is 16.5. The zero-order chi connectivity index (χ0) is 22.6. The molecule has 0 aliphatic carbocycles. The van der Waals surface area contributed by atoms with Crippen molar-refractivity contribution >= 4 is 16.9 Å². The number of benzene rings is 3. The molecular weight excluding hydrogens is 412 g/mol. The van der Waals surface area contributed by atoms with Crippen molar-refractivity contribution in [2.45, 2.75) is 20.0 Å². The maximum Gasteiger partial charge on any atom is 0.310 e. The van der Waals surface area contributed by atoms with Gasteiger partial charge in [-0.3, -0.25) is 9.78 Å². The van der Waals surface area contributed by atoms with Crippen LogP contribution in [-0.2, 0) is 22.6 Å². The highest BCUT2D eigenvalue weighted by Crippen LogP contribution is 2.33. The number of para-hydroxylation sites is 1. The summed E-state index contributed by atoms with van der Waals surface area (Å²) in [5, 5.41) is 5.05. The first kappa shape index (κ1) is 20.6. The lowest BCUT2D eigenvalue weighted by molar-refractivity contribution is -0.144. The van der Waals surface area contributed by atoms with Crippen LogP contribution in [0.3, 0.4) is 0 Å². The number of hydrogen-bond acceptors (Lipinski definition) is 5. The van der Waals surface area contributed by atoms with Crippen LogP contribution in [0.2, 0.25) is 0 Å². The Bertz CT molecular complexity index is 1410. The van der Waals surface area contributed by atoms with Crippen LogP contribution in [0.25, 0.3) is 33.4 Å². The van der Waals surface area contributed by atoms with Crippen molar-refractivity contribution in [2.75, 3.05) is 0 Å². The van der Waals surface area contributed by atoms with Crippen molar-refractivity contribution < 1.29 is 14.1 Å².